The molecule has 8 heteroatoms. The SMILES string of the molecule is C\C=C/N=C1\C=C(CNC2=CNCC(C(F)F)=C2N2CCNC(C)C2)C(F)=C\C1=C/CCC. The molecule has 180 valence electrons. The van der Waals surface area contributed by atoms with Gasteiger partial charge in [0.05, 0.1) is 17.1 Å². The van der Waals surface area contributed by atoms with E-state index in [-0.39, 0.29) is 30.5 Å². The van der Waals surface area contributed by atoms with Crippen LogP contribution in [0.5, 0.6) is 0 Å². The van der Waals surface area contributed by atoms with Gasteiger partial charge >= 0.3 is 0 Å². The molecule has 0 spiro atoms. The van der Waals surface area contributed by atoms with E-state index in [4.69, 9.17) is 0 Å². The fraction of sp³-hybridized carbons (Fsp3) is 0.480. The second kappa shape index (κ2) is 11.9. The number of piperazine rings is 1. The third kappa shape index (κ3) is 6.41. The molecule has 0 aromatic rings. The van der Waals surface area contributed by atoms with Crippen LogP contribution in [0, 0.1) is 0 Å². The third-order valence-corrected chi connectivity index (χ3v) is 5.73. The average Bonchev–Trinajstić information content (AvgIpc) is 2.80. The highest BCUT2D eigenvalue weighted by molar-refractivity contribution is 6.12. The summed E-state index contributed by atoms with van der Waals surface area (Å²) in [6.07, 6.45) is 9.65. The van der Waals surface area contributed by atoms with Crippen LogP contribution in [-0.4, -0.2) is 55.8 Å². The van der Waals surface area contributed by atoms with Gasteiger partial charge in [0, 0.05) is 62.3 Å². The number of halogens is 3. The zero-order chi connectivity index (χ0) is 23.8. The fourth-order valence-electron chi connectivity index (χ4n) is 4.09. The Morgan fingerprint density at radius 3 is 2.85 bits per heavy atom. The van der Waals surface area contributed by atoms with Crippen LogP contribution in [-0.2, 0) is 0 Å². The molecule has 2 aliphatic heterocycles. The van der Waals surface area contributed by atoms with E-state index < -0.39 is 6.43 Å². The number of dihydropyridines is 1. The first-order valence-electron chi connectivity index (χ1n) is 11.6. The van der Waals surface area contributed by atoms with E-state index in [0.717, 1.165) is 25.0 Å². The quantitative estimate of drug-likeness (QED) is 0.504. The molecule has 3 N–H and O–H groups in total. The van der Waals surface area contributed by atoms with Gasteiger partial charge in [-0.2, -0.15) is 0 Å². The summed E-state index contributed by atoms with van der Waals surface area (Å²) in [6, 6.07) is 0.196. The molecular formula is C25H34F3N5. The Hall–Kier alpha value is -2.74. The molecule has 1 fully saturated rings. The van der Waals surface area contributed by atoms with Crippen LogP contribution in [0.1, 0.15) is 33.6 Å². The first-order valence-corrected chi connectivity index (χ1v) is 11.6. The minimum atomic E-state index is -2.57. The zero-order valence-electron chi connectivity index (χ0n) is 19.6. The van der Waals surface area contributed by atoms with E-state index in [1.165, 1.54) is 6.08 Å². The van der Waals surface area contributed by atoms with Gasteiger partial charge in [-0.15, -0.1) is 0 Å². The van der Waals surface area contributed by atoms with Gasteiger partial charge in [0.25, 0.3) is 6.43 Å². The Labute approximate surface area is 194 Å². The van der Waals surface area contributed by atoms with Gasteiger partial charge in [-0.25, -0.2) is 13.2 Å². The summed E-state index contributed by atoms with van der Waals surface area (Å²) in [5.41, 5.74) is 3.01. The number of allylic oxidation sites excluding steroid dienone is 5. The molecular weight excluding hydrogens is 427 g/mol. The van der Waals surface area contributed by atoms with E-state index in [1.807, 2.05) is 30.9 Å². The van der Waals surface area contributed by atoms with Gasteiger partial charge in [0.1, 0.15) is 5.83 Å². The van der Waals surface area contributed by atoms with Crippen LogP contribution in [0.2, 0.25) is 0 Å². The Morgan fingerprint density at radius 1 is 1.33 bits per heavy atom. The standard InChI is InChI=1S/C25H34F3N5/c1-4-6-7-18-11-21(26)19(12-22(18)31-8-5-2)13-32-23-15-29-14-20(25(27)28)24(23)33-10-9-30-17(3)16-33/h5,7-8,11-12,15,17,25,29-30,32H,4,6,9-10,13-14,16H2,1-3H3/b8-5-,18-7+,31-22+. The Morgan fingerprint density at radius 2 is 2.15 bits per heavy atom. The molecule has 0 aromatic carbocycles. The summed E-state index contributed by atoms with van der Waals surface area (Å²) in [5.74, 6) is -0.343. The van der Waals surface area contributed by atoms with Crippen molar-refractivity contribution < 1.29 is 13.2 Å². The summed E-state index contributed by atoms with van der Waals surface area (Å²) in [4.78, 5) is 6.44. The van der Waals surface area contributed by atoms with Crippen molar-refractivity contribution in [3.8, 4) is 0 Å². The molecule has 1 aliphatic carbocycles. The van der Waals surface area contributed by atoms with Crippen LogP contribution < -0.4 is 16.0 Å². The van der Waals surface area contributed by atoms with E-state index >= 15 is 0 Å². The minimum absolute atomic E-state index is 0.0582. The third-order valence-electron chi connectivity index (χ3n) is 5.73. The summed E-state index contributed by atoms with van der Waals surface area (Å²) in [5, 5.41) is 9.49. The van der Waals surface area contributed by atoms with Gasteiger partial charge in [-0.05, 0) is 38.0 Å². The molecule has 1 unspecified atom stereocenters. The second-order valence-electron chi connectivity index (χ2n) is 8.37. The number of unbranched alkanes of at least 4 members (excludes halogenated alkanes) is 1. The van der Waals surface area contributed by atoms with Crippen molar-refractivity contribution in [2.75, 3.05) is 32.7 Å². The number of nitrogens with one attached hydrogen (secondary N) is 3. The molecule has 0 saturated carbocycles. The number of alkyl halides is 2. The van der Waals surface area contributed by atoms with Crippen molar-refractivity contribution in [2.45, 2.75) is 46.1 Å². The minimum Gasteiger partial charge on any atom is -0.385 e. The van der Waals surface area contributed by atoms with E-state index in [1.54, 1.807) is 18.5 Å². The van der Waals surface area contributed by atoms with Gasteiger partial charge in [-0.3, -0.25) is 4.99 Å². The lowest BCUT2D eigenvalue weighted by Gasteiger charge is -2.39. The largest absolute Gasteiger partial charge is 0.385 e. The number of aliphatic imine (C=N–C) groups is 1. The number of rotatable bonds is 8. The molecule has 5 nitrogen and oxygen atoms in total. The van der Waals surface area contributed by atoms with Gasteiger partial charge in [0.2, 0.25) is 0 Å². The van der Waals surface area contributed by atoms with Crippen molar-refractivity contribution in [2.24, 2.45) is 4.99 Å². The number of hydrogen-bond acceptors (Lipinski definition) is 5. The van der Waals surface area contributed by atoms with Crippen molar-refractivity contribution in [3.63, 3.8) is 0 Å². The molecule has 33 heavy (non-hydrogen) atoms. The van der Waals surface area contributed by atoms with E-state index in [9.17, 15) is 13.2 Å². The van der Waals surface area contributed by atoms with Crippen molar-refractivity contribution >= 4 is 5.71 Å². The maximum absolute atomic E-state index is 14.9. The molecule has 3 aliphatic rings. The predicted molar refractivity (Wildman–Crippen MR) is 129 cm³/mol. The fourth-order valence-corrected chi connectivity index (χ4v) is 4.09. The molecule has 0 radical (unpaired) electrons. The normalized spacial score (nSPS) is 24.4. The molecule has 2 heterocycles. The molecule has 0 aromatic heterocycles. The lowest BCUT2D eigenvalue weighted by atomic mass is 9.97. The summed E-state index contributed by atoms with van der Waals surface area (Å²) < 4.78 is 42.7. The van der Waals surface area contributed by atoms with Crippen LogP contribution >= 0.6 is 0 Å². The molecule has 1 atom stereocenters. The van der Waals surface area contributed by atoms with Crippen LogP contribution in [0.15, 0.2) is 75.6 Å². The maximum Gasteiger partial charge on any atom is 0.263 e. The van der Waals surface area contributed by atoms with Gasteiger partial charge in [-0.1, -0.05) is 25.5 Å². The Balaban J connectivity index is 1.84. The maximum atomic E-state index is 14.9. The first kappa shape index (κ1) is 24.9. The smallest absolute Gasteiger partial charge is 0.263 e. The highest BCUT2D eigenvalue weighted by Crippen LogP contribution is 2.28. The summed E-state index contributed by atoms with van der Waals surface area (Å²) >= 11 is 0. The summed E-state index contributed by atoms with van der Waals surface area (Å²) in [7, 11) is 0. The topological polar surface area (TPSA) is 51.7 Å². The van der Waals surface area contributed by atoms with Crippen LogP contribution in [0.3, 0.4) is 0 Å². The van der Waals surface area contributed by atoms with Crippen molar-refractivity contribution in [1.29, 1.82) is 0 Å². The number of nitrogens with zero attached hydrogens (tertiary/aromatic N) is 2. The molecule has 0 bridgehead atoms. The van der Waals surface area contributed by atoms with Gasteiger partial charge in [0.15, 0.2) is 0 Å². The summed E-state index contributed by atoms with van der Waals surface area (Å²) in [6.45, 7) is 8.23. The lowest BCUT2D eigenvalue weighted by Crippen LogP contribution is -2.50. The number of hydrogen-bond donors (Lipinski definition) is 3. The lowest BCUT2D eigenvalue weighted by molar-refractivity contribution is 0.174. The van der Waals surface area contributed by atoms with E-state index in [2.05, 4.69) is 27.9 Å². The highest BCUT2D eigenvalue weighted by atomic mass is 19.3. The van der Waals surface area contributed by atoms with Crippen molar-refractivity contribution in [3.05, 3.63) is 70.6 Å². The predicted octanol–water partition coefficient (Wildman–Crippen LogP) is 4.33. The first-order chi connectivity index (χ1) is 15.9. The second-order valence-corrected chi connectivity index (χ2v) is 8.37. The Kier molecular flexibility index (Phi) is 9.00. The zero-order valence-corrected chi connectivity index (χ0v) is 19.6. The van der Waals surface area contributed by atoms with Crippen LogP contribution in [0.25, 0.3) is 0 Å². The molecule has 1 saturated heterocycles. The monoisotopic (exact) mass is 461 g/mol. The molecule has 3 rings (SSSR count). The van der Waals surface area contributed by atoms with Crippen molar-refractivity contribution in [1.82, 2.24) is 20.9 Å². The highest BCUT2D eigenvalue weighted by Gasteiger charge is 2.29. The molecule has 0 amide bonds. The van der Waals surface area contributed by atoms with E-state index in [0.29, 0.717) is 35.8 Å². The van der Waals surface area contributed by atoms with Gasteiger partial charge < -0.3 is 20.9 Å². The average molecular weight is 462 g/mol. The Bertz CT molecular complexity index is 924. The van der Waals surface area contributed by atoms with Crippen LogP contribution in [0.4, 0.5) is 13.2 Å².